The first-order chi connectivity index (χ1) is 16.4. The maximum absolute atomic E-state index is 13.4. The molecule has 5 rings (SSSR count). The number of hydrogen-bond acceptors (Lipinski definition) is 3. The minimum atomic E-state index is -0.825. The van der Waals surface area contributed by atoms with Gasteiger partial charge in [-0.05, 0) is 55.8 Å². The zero-order valence-corrected chi connectivity index (χ0v) is 19.5. The van der Waals surface area contributed by atoms with Crippen molar-refractivity contribution >= 4 is 29.2 Å². The van der Waals surface area contributed by atoms with Crippen LogP contribution in [0.15, 0.2) is 78.9 Å². The summed E-state index contributed by atoms with van der Waals surface area (Å²) in [4.78, 5) is 26.6. The van der Waals surface area contributed by atoms with E-state index < -0.39 is 12.0 Å². The second kappa shape index (κ2) is 8.80. The van der Waals surface area contributed by atoms with Gasteiger partial charge in [0.25, 0.3) is 5.91 Å². The molecule has 170 valence electrons. The van der Waals surface area contributed by atoms with E-state index in [1.165, 1.54) is 0 Å². The van der Waals surface area contributed by atoms with E-state index >= 15 is 0 Å². The molecule has 0 aliphatic carbocycles. The molecule has 6 nitrogen and oxygen atoms in total. The van der Waals surface area contributed by atoms with Crippen molar-refractivity contribution in [3.63, 3.8) is 0 Å². The van der Waals surface area contributed by atoms with E-state index in [0.717, 1.165) is 28.1 Å². The van der Waals surface area contributed by atoms with E-state index in [1.54, 1.807) is 28.9 Å². The first-order valence-corrected chi connectivity index (χ1v) is 11.4. The maximum Gasteiger partial charge on any atom is 0.251 e. The molecule has 0 spiro atoms. The molecule has 0 saturated heterocycles. The Morgan fingerprint density at radius 3 is 2.44 bits per heavy atom. The molecule has 0 fully saturated rings. The lowest BCUT2D eigenvalue weighted by atomic mass is 9.82. The highest BCUT2D eigenvalue weighted by Crippen LogP contribution is 2.40. The van der Waals surface area contributed by atoms with Gasteiger partial charge in [0, 0.05) is 22.1 Å². The second-order valence-corrected chi connectivity index (χ2v) is 8.87. The summed E-state index contributed by atoms with van der Waals surface area (Å²) in [6, 6.07) is 23.5. The summed E-state index contributed by atoms with van der Waals surface area (Å²) in [6.07, 6.45) is 0. The highest BCUT2D eigenvalue weighted by atomic mass is 35.5. The van der Waals surface area contributed by atoms with Crippen LogP contribution in [0, 0.1) is 13.8 Å². The molecule has 2 atom stereocenters. The van der Waals surface area contributed by atoms with Gasteiger partial charge in [-0.25, -0.2) is 4.68 Å². The Labute approximate surface area is 202 Å². The van der Waals surface area contributed by atoms with Crippen LogP contribution in [-0.2, 0) is 4.79 Å². The van der Waals surface area contributed by atoms with Crippen molar-refractivity contribution in [2.75, 3.05) is 5.32 Å². The lowest BCUT2D eigenvalue weighted by Gasteiger charge is -2.33. The Bertz CT molecular complexity index is 1380. The Hall–Kier alpha value is -3.90. The van der Waals surface area contributed by atoms with Crippen molar-refractivity contribution < 1.29 is 9.59 Å². The van der Waals surface area contributed by atoms with E-state index in [4.69, 9.17) is 16.7 Å². The van der Waals surface area contributed by atoms with Crippen molar-refractivity contribution in [3.8, 4) is 5.69 Å². The van der Waals surface area contributed by atoms with Crippen LogP contribution in [0.1, 0.15) is 38.7 Å². The predicted molar refractivity (Wildman–Crippen MR) is 133 cm³/mol. The highest BCUT2D eigenvalue weighted by molar-refractivity contribution is 6.30. The van der Waals surface area contributed by atoms with Crippen molar-refractivity contribution in [2.24, 2.45) is 0 Å². The Morgan fingerprint density at radius 1 is 1.00 bits per heavy atom. The lowest BCUT2D eigenvalue weighted by molar-refractivity contribution is -0.118. The number of nitrogens with one attached hydrogen (secondary N) is 2. The van der Waals surface area contributed by atoms with Crippen LogP contribution in [0.5, 0.6) is 0 Å². The molecular formula is C27H23ClN4O2. The van der Waals surface area contributed by atoms with E-state index in [1.807, 2.05) is 68.4 Å². The van der Waals surface area contributed by atoms with Gasteiger partial charge in [0.2, 0.25) is 5.91 Å². The Morgan fingerprint density at radius 2 is 1.74 bits per heavy atom. The number of benzene rings is 3. The summed E-state index contributed by atoms with van der Waals surface area (Å²) in [5, 5.41) is 11.3. The Kier molecular flexibility index (Phi) is 5.67. The van der Waals surface area contributed by atoms with Crippen molar-refractivity contribution in [1.82, 2.24) is 15.1 Å². The molecule has 7 heteroatoms. The molecule has 1 aliphatic heterocycles. The van der Waals surface area contributed by atoms with Crippen molar-refractivity contribution in [3.05, 3.63) is 112 Å². The number of fused-ring (bicyclic) bond motifs is 1. The quantitative estimate of drug-likeness (QED) is 0.439. The molecule has 2 N–H and O–H groups in total. The number of halogens is 1. The summed E-state index contributed by atoms with van der Waals surface area (Å²) < 4.78 is 1.74. The summed E-state index contributed by atoms with van der Waals surface area (Å²) >= 11 is 6.14. The number of aromatic nitrogens is 2. The molecule has 34 heavy (non-hydrogen) atoms. The number of carbonyl (C=O) groups is 2. The van der Waals surface area contributed by atoms with Crippen LogP contribution in [0.2, 0.25) is 5.02 Å². The predicted octanol–water partition coefficient (Wildman–Crippen LogP) is 5.03. The van der Waals surface area contributed by atoms with Gasteiger partial charge in [0.05, 0.1) is 11.4 Å². The first kappa shape index (κ1) is 21.9. The number of hydrogen-bond donors (Lipinski definition) is 2. The fourth-order valence-corrected chi connectivity index (χ4v) is 4.62. The smallest absolute Gasteiger partial charge is 0.251 e. The van der Waals surface area contributed by atoms with Crippen LogP contribution in [-0.4, -0.2) is 27.6 Å². The van der Waals surface area contributed by atoms with E-state index in [-0.39, 0.29) is 11.8 Å². The molecule has 2 amide bonds. The normalized spacial score (nSPS) is 17.1. The molecular weight excluding hydrogens is 448 g/mol. The maximum atomic E-state index is 13.4. The fraction of sp³-hybridized carbons (Fsp3) is 0.148. The first-order valence-electron chi connectivity index (χ1n) is 11.0. The SMILES string of the molecule is Cc1cccc(C(=O)N[C@@H]2C(=O)Nc3c(c(C)nn3-c3ccccc3)[C@H]2c2ccc(Cl)cc2)c1. The average Bonchev–Trinajstić information content (AvgIpc) is 3.16. The van der Waals surface area contributed by atoms with Gasteiger partial charge in [0.1, 0.15) is 11.9 Å². The third kappa shape index (κ3) is 3.97. The minimum absolute atomic E-state index is 0.300. The van der Waals surface area contributed by atoms with Gasteiger partial charge < -0.3 is 10.6 Å². The van der Waals surface area contributed by atoms with Crippen LogP contribution in [0.25, 0.3) is 5.69 Å². The van der Waals surface area contributed by atoms with Crippen LogP contribution < -0.4 is 10.6 Å². The van der Waals surface area contributed by atoms with Gasteiger partial charge in [-0.15, -0.1) is 0 Å². The third-order valence-corrected chi connectivity index (χ3v) is 6.32. The summed E-state index contributed by atoms with van der Waals surface area (Å²) in [5.41, 5.74) is 4.81. The molecule has 0 unspecified atom stereocenters. The van der Waals surface area contributed by atoms with Gasteiger partial charge in [-0.2, -0.15) is 5.10 Å². The lowest BCUT2D eigenvalue weighted by Crippen LogP contribution is -2.50. The number of anilines is 1. The summed E-state index contributed by atoms with van der Waals surface area (Å²) in [5.74, 6) is -0.438. The highest BCUT2D eigenvalue weighted by Gasteiger charge is 2.41. The van der Waals surface area contributed by atoms with Gasteiger partial charge in [-0.3, -0.25) is 9.59 Å². The molecule has 1 aromatic heterocycles. The van der Waals surface area contributed by atoms with Crippen LogP contribution >= 0.6 is 11.6 Å². The number of nitrogens with zero attached hydrogens (tertiary/aromatic N) is 2. The summed E-state index contributed by atoms with van der Waals surface area (Å²) in [7, 11) is 0. The van der Waals surface area contributed by atoms with Crippen LogP contribution in [0.3, 0.4) is 0 Å². The topological polar surface area (TPSA) is 76.0 Å². The van der Waals surface area contributed by atoms with E-state index in [9.17, 15) is 9.59 Å². The van der Waals surface area contributed by atoms with E-state index in [0.29, 0.717) is 16.4 Å². The van der Waals surface area contributed by atoms with Gasteiger partial charge >= 0.3 is 0 Å². The van der Waals surface area contributed by atoms with E-state index in [2.05, 4.69) is 10.6 Å². The third-order valence-electron chi connectivity index (χ3n) is 6.07. The summed E-state index contributed by atoms with van der Waals surface area (Å²) in [6.45, 7) is 3.84. The Balaban J connectivity index is 1.62. The number of para-hydroxylation sites is 1. The molecule has 2 heterocycles. The van der Waals surface area contributed by atoms with Crippen LogP contribution in [0.4, 0.5) is 5.82 Å². The zero-order valence-electron chi connectivity index (χ0n) is 18.7. The molecule has 0 saturated carbocycles. The average molecular weight is 471 g/mol. The monoisotopic (exact) mass is 470 g/mol. The largest absolute Gasteiger partial charge is 0.339 e. The number of rotatable bonds is 4. The minimum Gasteiger partial charge on any atom is -0.339 e. The molecule has 1 aliphatic rings. The number of amides is 2. The molecule has 4 aromatic rings. The zero-order chi connectivity index (χ0) is 23.8. The second-order valence-electron chi connectivity index (χ2n) is 8.43. The van der Waals surface area contributed by atoms with Crippen molar-refractivity contribution in [1.29, 1.82) is 0 Å². The fourth-order valence-electron chi connectivity index (χ4n) is 4.49. The van der Waals surface area contributed by atoms with Crippen molar-refractivity contribution in [2.45, 2.75) is 25.8 Å². The molecule has 3 aromatic carbocycles. The molecule has 0 radical (unpaired) electrons. The molecule has 0 bridgehead atoms. The van der Waals surface area contributed by atoms with Gasteiger partial charge in [0.15, 0.2) is 0 Å². The standard InChI is InChI=1S/C27H23ClN4O2/c1-16-7-6-8-19(15-16)26(33)29-24-23(18-11-13-20(28)14-12-18)22-17(2)31-32(25(22)30-27(24)34)21-9-4-3-5-10-21/h3-15,23-24H,1-2H3,(H,29,33)(H,30,34)/t23-,24+/m1/s1. The number of carbonyl (C=O) groups excluding carboxylic acids is 2. The van der Waals surface area contributed by atoms with Gasteiger partial charge in [-0.1, -0.05) is 59.6 Å². The number of aryl methyl sites for hydroxylation is 2.